The summed E-state index contributed by atoms with van der Waals surface area (Å²) in [5.74, 6) is 1.05. The van der Waals surface area contributed by atoms with E-state index in [0.717, 1.165) is 27.6 Å². The van der Waals surface area contributed by atoms with Crippen molar-refractivity contribution >= 4 is 28.2 Å². The lowest BCUT2D eigenvalue weighted by Crippen LogP contribution is -2.40. The number of aryl methyl sites for hydroxylation is 1. The molecule has 192 valence electrons. The first-order valence-electron chi connectivity index (χ1n) is 12.0. The zero-order chi connectivity index (χ0) is 26.4. The van der Waals surface area contributed by atoms with Crippen LogP contribution in [0.4, 0.5) is 4.39 Å². The second-order valence-electron chi connectivity index (χ2n) is 8.82. The van der Waals surface area contributed by atoms with Gasteiger partial charge in [-0.3, -0.25) is 4.79 Å². The lowest BCUT2D eigenvalue weighted by Gasteiger charge is -2.26. The fourth-order valence-corrected chi connectivity index (χ4v) is 4.45. The molecule has 0 fully saturated rings. The van der Waals surface area contributed by atoms with Crippen LogP contribution in [0.3, 0.4) is 0 Å². The van der Waals surface area contributed by atoms with Crippen molar-refractivity contribution in [3.05, 3.63) is 105 Å². The molecule has 4 rings (SSSR count). The van der Waals surface area contributed by atoms with Gasteiger partial charge in [0.2, 0.25) is 0 Å². The molecule has 0 atom stereocenters. The quantitative estimate of drug-likeness (QED) is 0.300. The number of fused-ring (bicyclic) bond motifs is 1. The van der Waals surface area contributed by atoms with Crippen LogP contribution in [0.25, 0.3) is 10.9 Å². The highest BCUT2D eigenvalue weighted by atomic mass is 32.1. The van der Waals surface area contributed by atoms with Crippen LogP contribution in [0.2, 0.25) is 0 Å². The first-order chi connectivity index (χ1) is 17.9. The van der Waals surface area contributed by atoms with Crippen molar-refractivity contribution in [2.45, 2.75) is 26.4 Å². The SMILES string of the molecule is COc1ccc(CCNC(=S)N(Cc2ccc(F)cc2)Cc2cc3cccc(C)c3[nH]c2=O)cc1OC. The van der Waals surface area contributed by atoms with Crippen molar-refractivity contribution in [3.63, 3.8) is 0 Å². The Bertz CT molecular complexity index is 1450. The van der Waals surface area contributed by atoms with E-state index in [0.29, 0.717) is 48.2 Å². The van der Waals surface area contributed by atoms with Crippen molar-refractivity contribution in [3.8, 4) is 11.5 Å². The van der Waals surface area contributed by atoms with Gasteiger partial charge in [-0.25, -0.2) is 4.39 Å². The Morgan fingerprint density at radius 1 is 0.973 bits per heavy atom. The molecule has 0 amide bonds. The van der Waals surface area contributed by atoms with E-state index >= 15 is 0 Å². The summed E-state index contributed by atoms with van der Waals surface area (Å²) in [5, 5.41) is 4.78. The first-order valence-corrected chi connectivity index (χ1v) is 12.4. The summed E-state index contributed by atoms with van der Waals surface area (Å²) in [7, 11) is 3.22. The second-order valence-corrected chi connectivity index (χ2v) is 9.20. The number of benzene rings is 3. The standard InChI is InChI=1S/C29H30FN3O3S/c1-19-5-4-6-22-16-23(28(34)32-27(19)22)18-33(17-21-7-10-24(30)11-8-21)29(37)31-14-13-20-9-12-25(35-2)26(15-20)36-3/h4-12,15-16H,13-14,17-18H2,1-3H3,(H,31,37)(H,32,34). The Morgan fingerprint density at radius 2 is 1.70 bits per heavy atom. The van der Waals surface area contributed by atoms with E-state index in [1.54, 1.807) is 26.4 Å². The molecule has 0 radical (unpaired) electrons. The van der Waals surface area contributed by atoms with E-state index in [1.165, 1.54) is 12.1 Å². The number of hydrogen-bond donors (Lipinski definition) is 2. The molecular formula is C29H30FN3O3S. The summed E-state index contributed by atoms with van der Waals surface area (Å²) in [6.07, 6.45) is 0.709. The van der Waals surface area contributed by atoms with Gasteiger partial charge in [-0.1, -0.05) is 36.4 Å². The van der Waals surface area contributed by atoms with Crippen molar-refractivity contribution in [2.75, 3.05) is 20.8 Å². The number of halogens is 1. The number of hydrogen-bond acceptors (Lipinski definition) is 4. The maximum absolute atomic E-state index is 13.5. The Balaban J connectivity index is 1.52. The van der Waals surface area contributed by atoms with Crippen LogP contribution < -0.4 is 20.3 Å². The molecule has 0 unspecified atom stereocenters. The van der Waals surface area contributed by atoms with E-state index in [-0.39, 0.29) is 11.4 Å². The molecule has 0 bridgehead atoms. The van der Waals surface area contributed by atoms with E-state index in [2.05, 4.69) is 10.3 Å². The van der Waals surface area contributed by atoms with Crippen LogP contribution >= 0.6 is 12.2 Å². The molecule has 0 spiro atoms. The molecule has 37 heavy (non-hydrogen) atoms. The predicted octanol–water partition coefficient (Wildman–Crippen LogP) is 5.11. The van der Waals surface area contributed by atoms with Gasteiger partial charge in [-0.15, -0.1) is 0 Å². The molecule has 0 saturated carbocycles. The van der Waals surface area contributed by atoms with Gasteiger partial charge < -0.3 is 24.7 Å². The van der Waals surface area contributed by atoms with Crippen LogP contribution in [-0.4, -0.2) is 35.8 Å². The van der Waals surface area contributed by atoms with Crippen LogP contribution in [0.5, 0.6) is 11.5 Å². The van der Waals surface area contributed by atoms with E-state index in [9.17, 15) is 9.18 Å². The predicted molar refractivity (Wildman–Crippen MR) is 149 cm³/mol. The van der Waals surface area contributed by atoms with Crippen molar-refractivity contribution in [1.82, 2.24) is 15.2 Å². The van der Waals surface area contributed by atoms with E-state index in [4.69, 9.17) is 21.7 Å². The second kappa shape index (κ2) is 11.9. The number of nitrogens with zero attached hydrogens (tertiary/aromatic N) is 1. The molecule has 4 aromatic rings. The summed E-state index contributed by atoms with van der Waals surface area (Å²) in [4.78, 5) is 17.9. The van der Waals surface area contributed by atoms with Crippen molar-refractivity contribution in [1.29, 1.82) is 0 Å². The molecular weight excluding hydrogens is 489 g/mol. The Hall–Kier alpha value is -3.91. The number of pyridine rings is 1. The third-order valence-electron chi connectivity index (χ3n) is 6.24. The van der Waals surface area contributed by atoms with Crippen LogP contribution in [-0.2, 0) is 19.5 Å². The molecule has 8 heteroatoms. The zero-order valence-electron chi connectivity index (χ0n) is 21.1. The average molecular weight is 520 g/mol. The highest BCUT2D eigenvalue weighted by Crippen LogP contribution is 2.27. The number of aromatic amines is 1. The van der Waals surface area contributed by atoms with Gasteiger partial charge in [0, 0.05) is 18.7 Å². The van der Waals surface area contributed by atoms with Crippen LogP contribution in [0.15, 0.2) is 71.5 Å². The number of rotatable bonds is 9. The van der Waals surface area contributed by atoms with Crippen molar-refractivity contribution < 1.29 is 13.9 Å². The Kier molecular flexibility index (Phi) is 8.40. The first kappa shape index (κ1) is 26.2. The number of aromatic nitrogens is 1. The van der Waals surface area contributed by atoms with Gasteiger partial charge in [-0.05, 0) is 78.0 Å². The maximum atomic E-state index is 13.5. The minimum absolute atomic E-state index is 0.154. The largest absolute Gasteiger partial charge is 0.493 e. The molecule has 2 N–H and O–H groups in total. The van der Waals surface area contributed by atoms with Crippen LogP contribution in [0, 0.1) is 12.7 Å². The smallest absolute Gasteiger partial charge is 0.253 e. The molecule has 6 nitrogen and oxygen atoms in total. The lowest BCUT2D eigenvalue weighted by molar-refractivity contribution is 0.354. The lowest BCUT2D eigenvalue weighted by atomic mass is 10.1. The average Bonchev–Trinajstić information content (AvgIpc) is 2.90. The summed E-state index contributed by atoms with van der Waals surface area (Å²) in [5.41, 5.74) is 4.25. The molecule has 3 aromatic carbocycles. The van der Waals surface area contributed by atoms with Gasteiger partial charge in [0.15, 0.2) is 16.6 Å². The zero-order valence-corrected chi connectivity index (χ0v) is 22.0. The number of nitrogens with one attached hydrogen (secondary N) is 2. The fourth-order valence-electron chi connectivity index (χ4n) is 4.22. The summed E-state index contributed by atoms with van der Waals surface area (Å²) < 4.78 is 24.2. The third-order valence-corrected chi connectivity index (χ3v) is 6.64. The normalized spacial score (nSPS) is 10.8. The van der Waals surface area contributed by atoms with Crippen LogP contribution in [0.1, 0.15) is 22.3 Å². The van der Waals surface area contributed by atoms with Gasteiger partial charge >= 0.3 is 0 Å². The topological polar surface area (TPSA) is 66.6 Å². The minimum atomic E-state index is -0.299. The molecule has 1 heterocycles. The Labute approximate surface area is 221 Å². The molecule has 0 aliphatic carbocycles. The number of H-pyrrole nitrogens is 1. The van der Waals surface area contributed by atoms with Crippen molar-refractivity contribution in [2.24, 2.45) is 0 Å². The van der Waals surface area contributed by atoms with Gasteiger partial charge in [0.05, 0.1) is 26.3 Å². The van der Waals surface area contributed by atoms with E-state index in [1.807, 2.05) is 54.3 Å². The number of methoxy groups -OCH3 is 2. The van der Waals surface area contributed by atoms with Gasteiger partial charge in [0.1, 0.15) is 5.82 Å². The number of ether oxygens (including phenoxy) is 2. The highest BCUT2D eigenvalue weighted by Gasteiger charge is 2.15. The number of thiocarbonyl (C=S) groups is 1. The molecule has 0 aliphatic rings. The molecule has 1 aromatic heterocycles. The van der Waals surface area contributed by atoms with Gasteiger partial charge in [0.25, 0.3) is 5.56 Å². The maximum Gasteiger partial charge on any atom is 0.253 e. The Morgan fingerprint density at radius 3 is 2.43 bits per heavy atom. The minimum Gasteiger partial charge on any atom is -0.493 e. The van der Waals surface area contributed by atoms with Gasteiger partial charge in [-0.2, -0.15) is 0 Å². The summed E-state index contributed by atoms with van der Waals surface area (Å²) in [6, 6.07) is 19.9. The van der Waals surface area contributed by atoms with E-state index < -0.39 is 0 Å². The third kappa shape index (κ3) is 6.46. The highest BCUT2D eigenvalue weighted by molar-refractivity contribution is 7.80. The summed E-state index contributed by atoms with van der Waals surface area (Å²) >= 11 is 5.75. The fraction of sp³-hybridized carbons (Fsp3) is 0.241. The summed E-state index contributed by atoms with van der Waals surface area (Å²) in [6.45, 7) is 3.28. The molecule has 0 saturated heterocycles. The molecule has 0 aliphatic heterocycles. The number of para-hydroxylation sites is 1. The monoisotopic (exact) mass is 519 g/mol.